The first-order valence-corrected chi connectivity index (χ1v) is 11.9. The van der Waals surface area contributed by atoms with E-state index in [0.717, 1.165) is 35.2 Å². The standard InChI is InChI=1S/C22H24N5O7P/c1-12-8-16(10-19(31-4)14(12)3)25-21-23-11-13(2)20(26-21)24-15-6-7-18-17(9-15)27(22(28)33-18)34-35(29,30)32-5/h6-11H,1-5H3,(H,29,30)(H2,23,24,25,26). The Bertz CT molecular complexity index is 1510. The van der Waals surface area contributed by atoms with Crippen molar-refractivity contribution in [2.24, 2.45) is 0 Å². The number of phosphoric acid groups is 1. The van der Waals surface area contributed by atoms with E-state index in [4.69, 9.17) is 13.8 Å². The van der Waals surface area contributed by atoms with Crippen molar-refractivity contribution in [1.29, 1.82) is 0 Å². The van der Waals surface area contributed by atoms with E-state index in [1.54, 1.807) is 19.4 Å². The summed E-state index contributed by atoms with van der Waals surface area (Å²) in [5.74, 6) is 0.632. The lowest BCUT2D eigenvalue weighted by atomic mass is 10.1. The maximum absolute atomic E-state index is 12.1. The van der Waals surface area contributed by atoms with Crippen LogP contribution < -0.4 is 25.8 Å². The summed E-state index contributed by atoms with van der Waals surface area (Å²) in [6, 6.07) is 8.53. The van der Waals surface area contributed by atoms with Crippen molar-refractivity contribution in [3.63, 3.8) is 0 Å². The molecule has 0 spiro atoms. The lowest BCUT2D eigenvalue weighted by Gasteiger charge is -2.14. The summed E-state index contributed by atoms with van der Waals surface area (Å²) < 4.78 is 32.1. The van der Waals surface area contributed by atoms with Gasteiger partial charge in [-0.3, -0.25) is 9.42 Å². The quantitative estimate of drug-likeness (QED) is 0.301. The number of phosphoric ester groups is 1. The molecule has 0 aliphatic carbocycles. The fourth-order valence-corrected chi connectivity index (χ4v) is 3.72. The number of anilines is 4. The summed E-state index contributed by atoms with van der Waals surface area (Å²) in [5, 5.41) is 6.33. The molecule has 1 unspecified atom stereocenters. The van der Waals surface area contributed by atoms with Gasteiger partial charge in [-0.15, -0.1) is 0 Å². The fourth-order valence-electron chi connectivity index (χ4n) is 3.29. The number of aromatic nitrogens is 3. The molecule has 2 aromatic heterocycles. The Labute approximate surface area is 200 Å². The third-order valence-electron chi connectivity index (χ3n) is 5.29. The molecule has 3 N–H and O–H groups in total. The molecular formula is C22H24N5O7P. The zero-order valence-corrected chi connectivity index (χ0v) is 20.5. The summed E-state index contributed by atoms with van der Waals surface area (Å²) in [4.78, 5) is 30.6. The van der Waals surface area contributed by atoms with E-state index in [9.17, 15) is 14.3 Å². The van der Waals surface area contributed by atoms with E-state index in [1.807, 2.05) is 32.9 Å². The molecule has 35 heavy (non-hydrogen) atoms. The normalized spacial score (nSPS) is 12.9. The summed E-state index contributed by atoms with van der Waals surface area (Å²) >= 11 is 0. The van der Waals surface area contributed by atoms with Gasteiger partial charge in [0.15, 0.2) is 5.58 Å². The number of benzene rings is 2. The first-order valence-electron chi connectivity index (χ1n) is 10.4. The minimum atomic E-state index is -4.49. The molecule has 4 aromatic rings. The molecule has 184 valence electrons. The van der Waals surface area contributed by atoms with Crippen molar-refractivity contribution >= 4 is 42.1 Å². The van der Waals surface area contributed by atoms with E-state index < -0.39 is 13.6 Å². The molecule has 0 saturated carbocycles. The fraction of sp³-hybridized carbons (Fsp3) is 0.227. The minimum absolute atomic E-state index is 0.124. The summed E-state index contributed by atoms with van der Waals surface area (Å²) in [6.07, 6.45) is 1.66. The van der Waals surface area contributed by atoms with Gasteiger partial charge < -0.3 is 24.4 Å². The second kappa shape index (κ2) is 9.41. The van der Waals surface area contributed by atoms with Crippen molar-refractivity contribution in [3.8, 4) is 5.75 Å². The number of ether oxygens (including phenoxy) is 1. The Morgan fingerprint density at radius 1 is 1.06 bits per heavy atom. The number of methoxy groups -OCH3 is 1. The number of rotatable bonds is 8. The second-order valence-electron chi connectivity index (χ2n) is 7.67. The highest BCUT2D eigenvalue weighted by molar-refractivity contribution is 7.47. The molecule has 0 aliphatic heterocycles. The van der Waals surface area contributed by atoms with E-state index in [0.29, 0.717) is 22.2 Å². The topological polar surface area (TPSA) is 150 Å². The van der Waals surface area contributed by atoms with Gasteiger partial charge >= 0.3 is 13.6 Å². The third kappa shape index (κ3) is 5.14. The molecule has 12 nitrogen and oxygen atoms in total. The van der Waals surface area contributed by atoms with Crippen LogP contribution in [0, 0.1) is 20.8 Å². The molecule has 2 heterocycles. The smallest absolute Gasteiger partial charge is 0.496 e. The van der Waals surface area contributed by atoms with Crippen LogP contribution in [0.2, 0.25) is 0 Å². The van der Waals surface area contributed by atoms with Gasteiger partial charge in [-0.1, -0.05) is 4.73 Å². The molecule has 0 fully saturated rings. The lowest BCUT2D eigenvalue weighted by Crippen LogP contribution is -2.21. The van der Waals surface area contributed by atoms with Crippen molar-refractivity contribution in [3.05, 3.63) is 63.8 Å². The van der Waals surface area contributed by atoms with Crippen LogP contribution in [0.15, 0.2) is 45.7 Å². The Kier molecular flexibility index (Phi) is 6.53. The van der Waals surface area contributed by atoms with Gasteiger partial charge in [0.25, 0.3) is 0 Å². The van der Waals surface area contributed by atoms with Gasteiger partial charge in [0.05, 0.1) is 7.11 Å². The number of nitrogens with one attached hydrogen (secondary N) is 2. The molecule has 2 aromatic carbocycles. The Morgan fingerprint density at radius 2 is 1.83 bits per heavy atom. The first kappa shape index (κ1) is 24.3. The third-order valence-corrected chi connectivity index (χ3v) is 6.12. The molecule has 0 amide bonds. The zero-order chi connectivity index (χ0) is 25.3. The van der Waals surface area contributed by atoms with Crippen LogP contribution in [0.5, 0.6) is 5.75 Å². The predicted molar refractivity (Wildman–Crippen MR) is 130 cm³/mol. The predicted octanol–water partition coefficient (Wildman–Crippen LogP) is 3.98. The molecule has 4 rings (SSSR count). The van der Waals surface area contributed by atoms with Crippen LogP contribution in [0.3, 0.4) is 0 Å². The molecule has 0 aliphatic rings. The second-order valence-corrected chi connectivity index (χ2v) is 9.14. The van der Waals surface area contributed by atoms with Crippen LogP contribution in [0.1, 0.15) is 16.7 Å². The Balaban J connectivity index is 1.64. The monoisotopic (exact) mass is 501 g/mol. The highest BCUT2D eigenvalue weighted by atomic mass is 31.2. The average molecular weight is 501 g/mol. The van der Waals surface area contributed by atoms with Gasteiger partial charge in [-0.05, 0) is 56.2 Å². The molecule has 0 radical (unpaired) electrons. The van der Waals surface area contributed by atoms with Crippen LogP contribution in [-0.4, -0.2) is 33.8 Å². The van der Waals surface area contributed by atoms with Crippen molar-refractivity contribution in [2.75, 3.05) is 24.9 Å². The zero-order valence-electron chi connectivity index (χ0n) is 19.6. The lowest BCUT2D eigenvalue weighted by molar-refractivity contribution is 0.151. The van der Waals surface area contributed by atoms with Crippen LogP contribution in [0.25, 0.3) is 11.1 Å². The molecular weight excluding hydrogens is 477 g/mol. The van der Waals surface area contributed by atoms with Gasteiger partial charge in [0.2, 0.25) is 5.95 Å². The van der Waals surface area contributed by atoms with Gasteiger partial charge in [-0.25, -0.2) is 14.3 Å². The Morgan fingerprint density at radius 3 is 2.54 bits per heavy atom. The number of aryl methyl sites for hydroxylation is 2. The number of nitrogens with zero attached hydrogens (tertiary/aromatic N) is 3. The number of hydrogen-bond donors (Lipinski definition) is 3. The molecule has 0 saturated heterocycles. The van der Waals surface area contributed by atoms with Gasteiger partial charge in [0.1, 0.15) is 17.1 Å². The Hall–Kier alpha value is -3.86. The molecule has 13 heteroatoms. The average Bonchev–Trinajstić information content (AvgIpc) is 3.12. The highest BCUT2D eigenvalue weighted by Gasteiger charge is 2.25. The maximum Gasteiger partial charge on any atom is 0.546 e. The van der Waals surface area contributed by atoms with E-state index >= 15 is 0 Å². The van der Waals surface area contributed by atoms with Gasteiger partial charge in [0, 0.05) is 36.3 Å². The van der Waals surface area contributed by atoms with Crippen LogP contribution >= 0.6 is 7.82 Å². The van der Waals surface area contributed by atoms with E-state index in [1.165, 1.54) is 12.1 Å². The van der Waals surface area contributed by atoms with E-state index in [2.05, 4.69) is 25.1 Å². The largest absolute Gasteiger partial charge is 0.546 e. The van der Waals surface area contributed by atoms with Crippen LogP contribution in [0.4, 0.5) is 23.1 Å². The summed E-state index contributed by atoms with van der Waals surface area (Å²) in [7, 11) is -1.89. The van der Waals surface area contributed by atoms with Crippen molar-refractivity contribution < 1.29 is 27.8 Å². The number of fused-ring (bicyclic) bond motifs is 1. The molecule has 1 atom stereocenters. The molecule has 0 bridgehead atoms. The van der Waals surface area contributed by atoms with Gasteiger partial charge in [-0.2, -0.15) is 4.98 Å². The summed E-state index contributed by atoms with van der Waals surface area (Å²) in [6.45, 7) is 5.81. The first-order chi connectivity index (χ1) is 16.6. The SMILES string of the molecule is COc1cc(Nc2ncc(C)c(Nc3ccc4oc(=O)n(OP(=O)(O)OC)c4c3)n2)cc(C)c1C. The minimum Gasteiger partial charge on any atom is -0.496 e. The number of oxazole rings is 1. The van der Waals surface area contributed by atoms with Crippen molar-refractivity contribution in [1.82, 2.24) is 14.7 Å². The van der Waals surface area contributed by atoms with Crippen LogP contribution in [-0.2, 0) is 9.09 Å². The van der Waals surface area contributed by atoms with Crippen molar-refractivity contribution in [2.45, 2.75) is 20.8 Å². The highest BCUT2D eigenvalue weighted by Crippen LogP contribution is 2.38. The maximum atomic E-state index is 12.1. The summed E-state index contributed by atoms with van der Waals surface area (Å²) in [5.41, 5.74) is 4.42. The van der Waals surface area contributed by atoms with E-state index in [-0.39, 0.29) is 11.1 Å². The number of hydrogen-bond acceptors (Lipinski definition) is 10.